The zero-order chi connectivity index (χ0) is 14.5. The molecule has 0 aromatic heterocycles. The second-order valence-electron chi connectivity index (χ2n) is 5.41. The molecule has 5 heteroatoms. The minimum absolute atomic E-state index is 0.103. The van der Waals surface area contributed by atoms with Crippen molar-refractivity contribution in [2.75, 3.05) is 11.9 Å². The second kappa shape index (κ2) is 6.80. The minimum Gasteiger partial charge on any atom is -0.444 e. The Morgan fingerprint density at radius 2 is 2.00 bits per heavy atom. The molecule has 0 aliphatic heterocycles. The van der Waals surface area contributed by atoms with Crippen LogP contribution in [0.1, 0.15) is 27.7 Å². The highest BCUT2D eigenvalue weighted by Crippen LogP contribution is 2.21. The Kier molecular flexibility index (Phi) is 5.66. The standard InChI is InChI=1S/C14H21BrN2O2/c1-10(9-16-13(18)19-14(2,3)4)17-12-8-6-5-7-11(12)15/h5-8,10,17H,9H2,1-4H3,(H,16,18). The largest absolute Gasteiger partial charge is 0.444 e. The summed E-state index contributed by atoms with van der Waals surface area (Å²) in [4.78, 5) is 11.5. The fraction of sp³-hybridized carbons (Fsp3) is 0.500. The van der Waals surface area contributed by atoms with Gasteiger partial charge in [-0.1, -0.05) is 12.1 Å². The summed E-state index contributed by atoms with van der Waals surface area (Å²) in [5.41, 5.74) is 0.532. The van der Waals surface area contributed by atoms with Gasteiger partial charge in [-0.15, -0.1) is 0 Å². The van der Waals surface area contributed by atoms with Gasteiger partial charge in [-0.2, -0.15) is 0 Å². The van der Waals surface area contributed by atoms with Crippen molar-refractivity contribution < 1.29 is 9.53 Å². The normalized spacial score (nSPS) is 12.7. The van der Waals surface area contributed by atoms with E-state index in [-0.39, 0.29) is 6.04 Å². The number of rotatable bonds is 4. The van der Waals surface area contributed by atoms with Crippen molar-refractivity contribution in [3.63, 3.8) is 0 Å². The Morgan fingerprint density at radius 1 is 1.37 bits per heavy atom. The number of ether oxygens (including phenoxy) is 1. The maximum absolute atomic E-state index is 11.5. The van der Waals surface area contributed by atoms with E-state index in [4.69, 9.17) is 4.74 Å². The predicted molar refractivity (Wildman–Crippen MR) is 81.5 cm³/mol. The average molecular weight is 329 g/mol. The van der Waals surface area contributed by atoms with Crippen LogP contribution in [-0.4, -0.2) is 24.3 Å². The zero-order valence-corrected chi connectivity index (χ0v) is 13.4. The molecular weight excluding hydrogens is 308 g/mol. The summed E-state index contributed by atoms with van der Waals surface area (Å²) in [6, 6.07) is 7.97. The summed E-state index contributed by atoms with van der Waals surface area (Å²) >= 11 is 3.47. The van der Waals surface area contributed by atoms with Gasteiger partial charge in [0.15, 0.2) is 0 Å². The lowest BCUT2D eigenvalue weighted by atomic mass is 10.2. The topological polar surface area (TPSA) is 50.4 Å². The summed E-state index contributed by atoms with van der Waals surface area (Å²) < 4.78 is 6.17. The number of alkyl carbamates (subject to hydrolysis) is 1. The molecule has 0 spiro atoms. The Balaban J connectivity index is 2.38. The number of carbonyl (C=O) groups excluding carboxylic acids is 1. The van der Waals surface area contributed by atoms with Crippen molar-refractivity contribution >= 4 is 27.7 Å². The summed E-state index contributed by atoms with van der Waals surface area (Å²) in [7, 11) is 0. The Morgan fingerprint density at radius 3 is 2.58 bits per heavy atom. The van der Waals surface area contributed by atoms with E-state index in [0.29, 0.717) is 6.54 Å². The summed E-state index contributed by atoms with van der Waals surface area (Å²) in [6.45, 7) is 8.02. The number of carbonyl (C=O) groups is 1. The van der Waals surface area contributed by atoms with E-state index >= 15 is 0 Å². The van der Waals surface area contributed by atoms with Crippen LogP contribution in [0.4, 0.5) is 10.5 Å². The number of para-hydroxylation sites is 1. The van der Waals surface area contributed by atoms with Crippen molar-refractivity contribution in [3.05, 3.63) is 28.7 Å². The first-order valence-corrected chi connectivity index (χ1v) is 7.05. The van der Waals surface area contributed by atoms with E-state index in [1.165, 1.54) is 0 Å². The van der Waals surface area contributed by atoms with E-state index in [2.05, 4.69) is 26.6 Å². The Hall–Kier alpha value is -1.23. The molecule has 0 radical (unpaired) electrons. The van der Waals surface area contributed by atoms with E-state index in [1.807, 2.05) is 52.0 Å². The van der Waals surface area contributed by atoms with Crippen molar-refractivity contribution in [2.45, 2.75) is 39.3 Å². The number of nitrogens with one attached hydrogen (secondary N) is 2. The van der Waals surface area contributed by atoms with Crippen LogP contribution in [0.3, 0.4) is 0 Å². The van der Waals surface area contributed by atoms with Crippen LogP contribution in [0.15, 0.2) is 28.7 Å². The molecule has 2 N–H and O–H groups in total. The first-order valence-electron chi connectivity index (χ1n) is 6.26. The molecular formula is C14H21BrN2O2. The molecule has 19 heavy (non-hydrogen) atoms. The number of benzene rings is 1. The molecule has 1 atom stereocenters. The summed E-state index contributed by atoms with van der Waals surface area (Å²) in [5, 5.41) is 6.05. The predicted octanol–water partition coefficient (Wildman–Crippen LogP) is 3.77. The molecule has 0 aliphatic carbocycles. The van der Waals surface area contributed by atoms with Crippen molar-refractivity contribution in [1.29, 1.82) is 0 Å². The summed E-state index contributed by atoms with van der Waals surface area (Å²) in [5.74, 6) is 0. The second-order valence-corrected chi connectivity index (χ2v) is 6.26. The first kappa shape index (κ1) is 15.8. The van der Waals surface area contributed by atoms with E-state index in [9.17, 15) is 4.79 Å². The van der Waals surface area contributed by atoms with Gasteiger partial charge < -0.3 is 15.4 Å². The molecule has 1 unspecified atom stereocenters. The van der Waals surface area contributed by atoms with E-state index < -0.39 is 11.7 Å². The number of hydrogen-bond acceptors (Lipinski definition) is 3. The van der Waals surface area contributed by atoms with Crippen LogP contribution in [0.25, 0.3) is 0 Å². The molecule has 106 valence electrons. The highest BCUT2D eigenvalue weighted by molar-refractivity contribution is 9.10. The van der Waals surface area contributed by atoms with Gasteiger partial charge in [-0.3, -0.25) is 0 Å². The van der Waals surface area contributed by atoms with Gasteiger partial charge in [0, 0.05) is 22.7 Å². The lowest BCUT2D eigenvalue weighted by Crippen LogP contribution is -2.38. The molecule has 0 saturated carbocycles. The lowest BCUT2D eigenvalue weighted by molar-refractivity contribution is 0.0526. The maximum Gasteiger partial charge on any atom is 0.407 e. The van der Waals surface area contributed by atoms with Crippen LogP contribution in [-0.2, 0) is 4.74 Å². The van der Waals surface area contributed by atoms with Crippen LogP contribution in [0.2, 0.25) is 0 Å². The molecule has 0 fully saturated rings. The molecule has 1 aromatic rings. The molecule has 4 nitrogen and oxygen atoms in total. The van der Waals surface area contributed by atoms with Crippen molar-refractivity contribution in [3.8, 4) is 0 Å². The van der Waals surface area contributed by atoms with Gasteiger partial charge in [0.05, 0.1) is 0 Å². The Labute approximate surface area is 123 Å². The zero-order valence-electron chi connectivity index (χ0n) is 11.8. The molecule has 0 aliphatic rings. The van der Waals surface area contributed by atoms with E-state index in [0.717, 1.165) is 10.2 Å². The average Bonchev–Trinajstić information content (AvgIpc) is 2.27. The first-order chi connectivity index (χ1) is 8.78. The Bertz CT molecular complexity index is 430. The molecule has 1 aromatic carbocycles. The van der Waals surface area contributed by atoms with Gasteiger partial charge in [0.2, 0.25) is 0 Å². The van der Waals surface area contributed by atoms with Crippen LogP contribution < -0.4 is 10.6 Å². The number of amides is 1. The van der Waals surface area contributed by atoms with Crippen LogP contribution in [0.5, 0.6) is 0 Å². The number of anilines is 1. The third-order valence-electron chi connectivity index (χ3n) is 2.23. The monoisotopic (exact) mass is 328 g/mol. The fourth-order valence-corrected chi connectivity index (χ4v) is 1.84. The minimum atomic E-state index is -0.469. The highest BCUT2D eigenvalue weighted by atomic mass is 79.9. The number of hydrogen-bond donors (Lipinski definition) is 2. The van der Waals surface area contributed by atoms with Gasteiger partial charge in [-0.25, -0.2) is 4.79 Å². The third kappa shape index (κ3) is 6.47. The number of halogens is 1. The maximum atomic E-state index is 11.5. The molecule has 1 rings (SSSR count). The summed E-state index contributed by atoms with van der Waals surface area (Å²) in [6.07, 6.45) is -0.395. The quantitative estimate of drug-likeness (QED) is 0.884. The van der Waals surface area contributed by atoms with Crippen LogP contribution >= 0.6 is 15.9 Å². The molecule has 0 saturated heterocycles. The fourth-order valence-electron chi connectivity index (χ4n) is 1.45. The lowest BCUT2D eigenvalue weighted by Gasteiger charge is -2.21. The van der Waals surface area contributed by atoms with E-state index in [1.54, 1.807) is 0 Å². The third-order valence-corrected chi connectivity index (χ3v) is 2.92. The molecule has 1 amide bonds. The molecule has 0 heterocycles. The van der Waals surface area contributed by atoms with Gasteiger partial charge >= 0.3 is 6.09 Å². The van der Waals surface area contributed by atoms with Gasteiger partial charge in [-0.05, 0) is 55.8 Å². The van der Waals surface area contributed by atoms with Gasteiger partial charge in [0.1, 0.15) is 5.60 Å². The van der Waals surface area contributed by atoms with Crippen LogP contribution in [0, 0.1) is 0 Å². The van der Waals surface area contributed by atoms with Crippen molar-refractivity contribution in [2.24, 2.45) is 0 Å². The highest BCUT2D eigenvalue weighted by Gasteiger charge is 2.16. The SMILES string of the molecule is CC(CNC(=O)OC(C)(C)C)Nc1ccccc1Br. The van der Waals surface area contributed by atoms with Crippen molar-refractivity contribution in [1.82, 2.24) is 5.32 Å². The smallest absolute Gasteiger partial charge is 0.407 e. The van der Waals surface area contributed by atoms with Gasteiger partial charge in [0.25, 0.3) is 0 Å². The molecule has 0 bridgehead atoms.